The van der Waals surface area contributed by atoms with E-state index in [9.17, 15) is 4.79 Å². The van der Waals surface area contributed by atoms with Crippen LogP contribution in [0.2, 0.25) is 0 Å². The van der Waals surface area contributed by atoms with Crippen LogP contribution in [0.3, 0.4) is 0 Å². The molecule has 4 rings (SSSR count). The number of aromatic nitrogens is 2. The summed E-state index contributed by atoms with van der Waals surface area (Å²) in [6.07, 6.45) is 2.22. The summed E-state index contributed by atoms with van der Waals surface area (Å²) in [4.78, 5) is 19.8. The Balaban J connectivity index is 1.95. The van der Waals surface area contributed by atoms with Crippen LogP contribution in [-0.4, -0.2) is 23.6 Å². The zero-order valence-corrected chi connectivity index (χ0v) is 14.5. The van der Waals surface area contributed by atoms with Gasteiger partial charge in [-0.15, -0.1) is 0 Å². The maximum atomic E-state index is 13.3. The topological polar surface area (TPSA) is 64.2 Å². The van der Waals surface area contributed by atoms with Crippen LogP contribution >= 0.6 is 0 Å². The van der Waals surface area contributed by atoms with Gasteiger partial charge in [-0.1, -0.05) is 30.3 Å². The van der Waals surface area contributed by atoms with E-state index in [-0.39, 0.29) is 17.5 Å². The molecular formula is C20H22N4O. The largest absolute Gasteiger partial charge is 0.378 e. The number of fused-ring (bicyclic) bond motifs is 1. The lowest BCUT2D eigenvalue weighted by Crippen LogP contribution is -2.30. The van der Waals surface area contributed by atoms with Gasteiger partial charge < -0.3 is 10.6 Å². The first-order chi connectivity index (χ1) is 12.1. The molecule has 0 amide bonds. The molecule has 5 nitrogen and oxygen atoms in total. The van der Waals surface area contributed by atoms with Gasteiger partial charge in [-0.3, -0.25) is 9.36 Å². The number of nitrogen functional groups attached to an aromatic ring is 1. The summed E-state index contributed by atoms with van der Waals surface area (Å²) in [5.41, 5.74) is 8.90. The van der Waals surface area contributed by atoms with Crippen LogP contribution in [0.5, 0.6) is 0 Å². The standard InChI is InChI=1S/C20H22N4O/c1-23(2)15-10-11-17-16(12-15)19(25)24(20(21)22-17)18(14-8-9-14)13-6-4-3-5-7-13/h3-7,10-12,14,18H,8-9H2,1-2H3,(H2,21,22). The molecule has 0 bridgehead atoms. The molecule has 1 fully saturated rings. The Kier molecular flexibility index (Phi) is 3.71. The molecule has 3 aromatic rings. The fourth-order valence-corrected chi connectivity index (χ4v) is 3.45. The summed E-state index contributed by atoms with van der Waals surface area (Å²) in [6.45, 7) is 0. The molecular weight excluding hydrogens is 312 g/mol. The lowest BCUT2D eigenvalue weighted by atomic mass is 10.0. The van der Waals surface area contributed by atoms with E-state index < -0.39 is 0 Å². The van der Waals surface area contributed by atoms with E-state index in [0.29, 0.717) is 16.8 Å². The molecule has 128 valence electrons. The van der Waals surface area contributed by atoms with E-state index in [1.807, 2.05) is 55.4 Å². The molecule has 1 atom stereocenters. The summed E-state index contributed by atoms with van der Waals surface area (Å²) in [7, 11) is 3.92. The van der Waals surface area contributed by atoms with E-state index in [1.54, 1.807) is 4.57 Å². The summed E-state index contributed by atoms with van der Waals surface area (Å²) in [5, 5.41) is 0.613. The first kappa shape index (κ1) is 15.7. The third-order valence-electron chi connectivity index (χ3n) is 4.92. The second-order valence-electron chi connectivity index (χ2n) is 6.93. The zero-order valence-electron chi connectivity index (χ0n) is 14.5. The minimum atomic E-state index is -0.0630. The number of nitrogens with two attached hydrogens (primary N) is 1. The quantitative estimate of drug-likeness (QED) is 0.796. The first-order valence-electron chi connectivity index (χ1n) is 8.60. The Labute approximate surface area is 146 Å². The first-order valence-corrected chi connectivity index (χ1v) is 8.60. The Bertz CT molecular complexity index is 974. The smallest absolute Gasteiger partial charge is 0.263 e. The number of rotatable bonds is 4. The monoisotopic (exact) mass is 334 g/mol. The number of hydrogen-bond acceptors (Lipinski definition) is 4. The molecule has 2 N–H and O–H groups in total. The molecule has 1 unspecified atom stereocenters. The minimum Gasteiger partial charge on any atom is -0.378 e. The van der Waals surface area contributed by atoms with E-state index in [4.69, 9.17) is 5.73 Å². The average Bonchev–Trinajstić information content (AvgIpc) is 3.43. The zero-order chi connectivity index (χ0) is 17.6. The predicted octanol–water partition coefficient (Wildman–Crippen LogP) is 3.04. The SMILES string of the molecule is CN(C)c1ccc2nc(N)n(C(c3ccccc3)C3CC3)c(=O)c2c1. The highest BCUT2D eigenvalue weighted by Gasteiger charge is 2.35. The van der Waals surface area contributed by atoms with Gasteiger partial charge in [-0.05, 0) is 42.5 Å². The van der Waals surface area contributed by atoms with Gasteiger partial charge in [0.25, 0.3) is 5.56 Å². The van der Waals surface area contributed by atoms with Crippen molar-refractivity contribution >= 4 is 22.5 Å². The van der Waals surface area contributed by atoms with Crippen molar-refractivity contribution in [1.82, 2.24) is 9.55 Å². The second kappa shape index (κ2) is 5.92. The molecule has 0 spiro atoms. The molecule has 0 radical (unpaired) electrons. The highest BCUT2D eigenvalue weighted by Crippen LogP contribution is 2.43. The summed E-state index contributed by atoms with van der Waals surface area (Å²) in [6, 6.07) is 15.8. The van der Waals surface area contributed by atoms with Gasteiger partial charge in [0.05, 0.1) is 16.9 Å². The van der Waals surface area contributed by atoms with Gasteiger partial charge in [0.1, 0.15) is 0 Å². The van der Waals surface area contributed by atoms with Crippen LogP contribution in [0.25, 0.3) is 10.9 Å². The maximum absolute atomic E-state index is 13.3. The van der Waals surface area contributed by atoms with Crippen molar-refractivity contribution < 1.29 is 0 Å². The maximum Gasteiger partial charge on any atom is 0.263 e. The van der Waals surface area contributed by atoms with Gasteiger partial charge >= 0.3 is 0 Å². The molecule has 1 aliphatic rings. The Morgan fingerprint density at radius 2 is 1.88 bits per heavy atom. The molecule has 25 heavy (non-hydrogen) atoms. The van der Waals surface area contributed by atoms with Crippen molar-refractivity contribution in [3.63, 3.8) is 0 Å². The van der Waals surface area contributed by atoms with Gasteiger partial charge in [0.2, 0.25) is 5.95 Å². The van der Waals surface area contributed by atoms with Crippen molar-refractivity contribution in [2.24, 2.45) is 5.92 Å². The van der Waals surface area contributed by atoms with Gasteiger partial charge in [0.15, 0.2) is 0 Å². The molecule has 1 aromatic heterocycles. The van der Waals surface area contributed by atoms with Gasteiger partial charge in [-0.2, -0.15) is 0 Å². The lowest BCUT2D eigenvalue weighted by molar-refractivity contribution is 0.509. The van der Waals surface area contributed by atoms with Crippen LogP contribution < -0.4 is 16.2 Å². The number of anilines is 2. The summed E-state index contributed by atoms with van der Waals surface area (Å²) < 4.78 is 1.69. The number of hydrogen-bond donors (Lipinski definition) is 1. The predicted molar refractivity (Wildman–Crippen MR) is 102 cm³/mol. The van der Waals surface area contributed by atoms with E-state index in [0.717, 1.165) is 24.1 Å². The van der Waals surface area contributed by atoms with E-state index in [1.165, 1.54) is 0 Å². The molecule has 1 aliphatic carbocycles. The van der Waals surface area contributed by atoms with Crippen LogP contribution in [0.15, 0.2) is 53.3 Å². The average molecular weight is 334 g/mol. The van der Waals surface area contributed by atoms with Crippen molar-refractivity contribution in [3.05, 3.63) is 64.4 Å². The van der Waals surface area contributed by atoms with E-state index in [2.05, 4.69) is 17.1 Å². The Morgan fingerprint density at radius 1 is 1.16 bits per heavy atom. The van der Waals surface area contributed by atoms with Crippen LogP contribution in [0.4, 0.5) is 11.6 Å². The normalized spacial score (nSPS) is 15.3. The van der Waals surface area contributed by atoms with Gasteiger partial charge in [-0.25, -0.2) is 4.98 Å². The van der Waals surface area contributed by atoms with E-state index >= 15 is 0 Å². The molecule has 0 aliphatic heterocycles. The molecule has 5 heteroatoms. The Hall–Kier alpha value is -2.82. The third kappa shape index (κ3) is 2.76. The fourth-order valence-electron chi connectivity index (χ4n) is 3.45. The highest BCUT2D eigenvalue weighted by molar-refractivity contribution is 5.82. The highest BCUT2D eigenvalue weighted by atomic mass is 16.1. The minimum absolute atomic E-state index is 0.0476. The number of benzene rings is 2. The molecule has 2 aromatic carbocycles. The van der Waals surface area contributed by atoms with Gasteiger partial charge in [0, 0.05) is 19.8 Å². The summed E-state index contributed by atoms with van der Waals surface area (Å²) >= 11 is 0. The van der Waals surface area contributed by atoms with Crippen molar-refractivity contribution in [1.29, 1.82) is 0 Å². The number of nitrogens with zero attached hydrogens (tertiary/aromatic N) is 3. The summed E-state index contributed by atoms with van der Waals surface area (Å²) in [5.74, 6) is 0.731. The van der Waals surface area contributed by atoms with Crippen LogP contribution in [0.1, 0.15) is 24.4 Å². The lowest BCUT2D eigenvalue weighted by Gasteiger charge is -2.22. The molecule has 1 heterocycles. The third-order valence-corrected chi connectivity index (χ3v) is 4.92. The Morgan fingerprint density at radius 3 is 2.52 bits per heavy atom. The molecule has 1 saturated carbocycles. The molecule has 0 saturated heterocycles. The van der Waals surface area contributed by atoms with Crippen LogP contribution in [0, 0.1) is 5.92 Å². The second-order valence-corrected chi connectivity index (χ2v) is 6.93. The fraction of sp³-hybridized carbons (Fsp3) is 0.300. The van der Waals surface area contributed by atoms with Crippen LogP contribution in [-0.2, 0) is 0 Å². The van der Waals surface area contributed by atoms with Crippen molar-refractivity contribution in [3.8, 4) is 0 Å². The van der Waals surface area contributed by atoms with Crippen molar-refractivity contribution in [2.45, 2.75) is 18.9 Å². The van der Waals surface area contributed by atoms with Crippen molar-refractivity contribution in [2.75, 3.05) is 24.7 Å².